The largest absolute Gasteiger partial charge is 3.00 e. The van der Waals surface area contributed by atoms with Crippen molar-refractivity contribution in [2.24, 2.45) is 0 Å². The Kier molecular flexibility index (Phi) is 1640. The zero-order valence-corrected chi connectivity index (χ0v) is 29.8. The van der Waals surface area contributed by atoms with Gasteiger partial charge in [0.2, 0.25) is 0 Å². The van der Waals surface area contributed by atoms with Crippen LogP contribution < -0.4 is 0 Å². The van der Waals surface area contributed by atoms with Crippen molar-refractivity contribution in [3.05, 3.63) is 0 Å². The molecule has 0 N–H and O–H groups in total. The van der Waals surface area contributed by atoms with E-state index in [0.29, 0.717) is 0 Å². The molecule has 0 aliphatic rings. The van der Waals surface area contributed by atoms with Gasteiger partial charge in [0.15, 0.2) is 0 Å². The summed E-state index contributed by atoms with van der Waals surface area (Å²) in [4.78, 5) is 0. The molecule has 0 fully saturated rings. The number of hydrogen-bond donors (Lipinski definition) is 0. The molecule has 7 nitrogen and oxygen atoms in total. The van der Waals surface area contributed by atoms with Crippen molar-refractivity contribution < 1.29 is 38.3 Å². The first kappa shape index (κ1) is 159. The fraction of sp³-hybridized carbons (Fsp3) is 0. The van der Waals surface area contributed by atoms with Crippen molar-refractivity contribution in [2.75, 3.05) is 0 Å². The molecule has 0 heterocycles. The molecular weight excluding hydrogens is 1220 g/mol. The van der Waals surface area contributed by atoms with E-state index in [1.54, 1.807) is 0 Å². The molecule has 0 aromatic heterocycles. The van der Waals surface area contributed by atoms with Crippen LogP contribution in [0, 0.1) is 0 Å². The predicted octanol–water partition coefficient (Wildman–Crippen LogP) is -3.12. The van der Waals surface area contributed by atoms with Gasteiger partial charge < -0.3 is 38.3 Å². The zero-order valence-electron chi connectivity index (χ0n) is 6.17. The summed E-state index contributed by atoms with van der Waals surface area (Å²) in [6, 6.07) is 0. The summed E-state index contributed by atoms with van der Waals surface area (Å²) in [6.07, 6.45) is 0. The maximum Gasteiger partial charge on any atom is 3.00 e. The molecule has 0 spiro atoms. The molecule has 0 unspecified atom stereocenters. The van der Waals surface area contributed by atoms with E-state index in [1.165, 1.54) is 0 Å². The maximum atomic E-state index is 0. The van der Waals surface area contributed by atoms with E-state index < -0.39 is 0 Å². The van der Waals surface area contributed by atoms with Gasteiger partial charge in [-0.25, -0.2) is 0 Å². The molecule has 0 aromatic carbocycles. The first-order chi connectivity index (χ1) is 0. The minimum Gasteiger partial charge on any atom is -2.00 e. The van der Waals surface area contributed by atoms with Gasteiger partial charge in [0.25, 0.3) is 0 Å². The van der Waals surface area contributed by atoms with Gasteiger partial charge in [-0.1, -0.05) is 0 Å². The molecule has 13 heteroatoms. The minimum absolute atomic E-state index is 0. The smallest absolute Gasteiger partial charge is 2.00 e. The van der Waals surface area contributed by atoms with Crippen LogP contribution in [0.25, 0.3) is 0 Å². The van der Waals surface area contributed by atoms with E-state index >= 15 is 0 Å². The number of rotatable bonds is 0. The van der Waals surface area contributed by atoms with Crippen LogP contribution in [0.2, 0.25) is 0 Å². The second-order valence-electron chi connectivity index (χ2n) is 0. The van der Waals surface area contributed by atoms with Gasteiger partial charge >= 0.3 is 205 Å². The van der Waals surface area contributed by atoms with E-state index in [0.717, 1.165) is 0 Å². The Morgan fingerprint density at radius 2 is 0.308 bits per heavy atom. The van der Waals surface area contributed by atoms with Crippen molar-refractivity contribution in [3.8, 4) is 0 Å². The third-order valence-corrected chi connectivity index (χ3v) is 0. The fourth-order valence-electron chi connectivity index (χ4n) is 0. The Bertz CT molecular complexity index is 22.5. The summed E-state index contributed by atoms with van der Waals surface area (Å²) in [6.45, 7) is 0. The summed E-state index contributed by atoms with van der Waals surface area (Å²) >= 11 is 0. The first-order valence-corrected chi connectivity index (χ1v) is 0. The van der Waals surface area contributed by atoms with Crippen molar-refractivity contribution in [1.82, 2.24) is 0 Å². The van der Waals surface area contributed by atoms with Crippen LogP contribution >= 0.6 is 0 Å². The third-order valence-electron chi connectivity index (χ3n) is 0. The maximum absolute atomic E-state index is 0. The van der Waals surface area contributed by atoms with Crippen molar-refractivity contribution in [1.29, 1.82) is 0 Å². The van der Waals surface area contributed by atoms with Gasteiger partial charge in [0.05, 0.1) is 0 Å². The molecule has 13 heavy (non-hydrogen) atoms. The quantitative estimate of drug-likeness (QED) is 0.222. The Morgan fingerprint density at radius 3 is 0.308 bits per heavy atom. The number of hydrogen-bond acceptors (Lipinski definition) is 0. The Morgan fingerprint density at radius 1 is 0.308 bits per heavy atom. The molecule has 0 aliphatic carbocycles. The molecule has 64 valence electrons. The van der Waals surface area contributed by atoms with Crippen molar-refractivity contribution in [2.45, 2.75) is 0 Å². The molecule has 0 aromatic rings. The van der Waals surface area contributed by atoms with Crippen LogP contribution in [0.15, 0.2) is 0 Å². The molecule has 0 atom stereocenters. The van der Waals surface area contributed by atoms with Crippen molar-refractivity contribution in [3.63, 3.8) is 0 Å². The summed E-state index contributed by atoms with van der Waals surface area (Å²) in [5, 5.41) is 0. The van der Waals surface area contributed by atoms with Gasteiger partial charge in [-0.3, -0.25) is 0 Å². The van der Waals surface area contributed by atoms with E-state index in [2.05, 4.69) is 0 Å². The third kappa shape index (κ3) is 120. The molecule has 0 aliphatic heterocycles. The molecule has 0 amide bonds. The Labute approximate surface area is 236 Å². The summed E-state index contributed by atoms with van der Waals surface area (Å²) in [5.41, 5.74) is 0. The van der Waals surface area contributed by atoms with E-state index in [1.807, 2.05) is 0 Å². The molecule has 0 saturated heterocycles. The molecule has 0 saturated carbocycles. The topological polar surface area (TPSA) is 200 Å². The first-order valence-electron chi connectivity index (χ1n) is 0. The van der Waals surface area contributed by atoms with Gasteiger partial charge in [-0.2, -0.15) is 0 Å². The second-order valence-corrected chi connectivity index (χ2v) is 0. The fourth-order valence-corrected chi connectivity index (χ4v) is 0. The van der Waals surface area contributed by atoms with Crippen LogP contribution in [-0.2, 0) is 38.3 Å². The minimum atomic E-state index is 0. The molecule has 0 bridgehead atoms. The van der Waals surface area contributed by atoms with Crippen LogP contribution in [0.4, 0.5) is 0 Å². The summed E-state index contributed by atoms with van der Waals surface area (Å²) < 4.78 is 0. The van der Waals surface area contributed by atoms with Gasteiger partial charge in [0, 0.05) is 0 Å². The zero-order chi connectivity index (χ0) is 0. The predicted molar refractivity (Wildman–Crippen MR) is 39.3 cm³/mol. The van der Waals surface area contributed by atoms with E-state index in [9.17, 15) is 0 Å². The normalized spacial score (nSPS) is 0. The average Bonchev–Trinajstić information content (AvgIpc) is 0. The Hall–Kier alpha value is 6.47. The SMILES string of the molecule is [Ba+2].[Ba+2].[Bi+3].[Bi+3].[O-2].[O-2].[O-2].[O-2].[O-2].[O-2].[O-2].[Pb+2].[Pb+2]. The molecular formula is Ba2Bi2O7Pb2. The van der Waals surface area contributed by atoms with Crippen LogP contribution in [0.1, 0.15) is 0 Å². The standard InChI is InChI=1S/2Ba.2Bi.7O.2Pb/q2*+2;2*+3;7*-2;2*+2. The van der Waals surface area contributed by atoms with Gasteiger partial charge in [0.1, 0.15) is 0 Å². The van der Waals surface area contributed by atoms with E-state index in [4.69, 9.17) is 0 Å². The van der Waals surface area contributed by atoms with E-state index in [-0.39, 0.29) is 243 Å². The molecule has 8 radical (unpaired) electrons. The van der Waals surface area contributed by atoms with Crippen LogP contribution in [0.5, 0.6) is 0 Å². The summed E-state index contributed by atoms with van der Waals surface area (Å²) in [5.74, 6) is 0. The summed E-state index contributed by atoms with van der Waals surface area (Å²) in [7, 11) is 0. The second kappa shape index (κ2) is 135. The van der Waals surface area contributed by atoms with Crippen molar-refractivity contribution >= 4 is 205 Å². The van der Waals surface area contributed by atoms with Gasteiger partial charge in [-0.15, -0.1) is 0 Å². The Balaban J connectivity index is 0. The average molecular weight is 1220 g/mol. The van der Waals surface area contributed by atoms with Crippen LogP contribution in [0.3, 0.4) is 0 Å². The van der Waals surface area contributed by atoms with Gasteiger partial charge in [-0.05, 0) is 0 Å². The molecule has 0 rings (SSSR count). The monoisotopic (exact) mass is 1220 g/mol. The van der Waals surface area contributed by atoms with Crippen LogP contribution in [-0.4, -0.2) is 205 Å².